The van der Waals surface area contributed by atoms with Crippen molar-refractivity contribution in [3.63, 3.8) is 0 Å². The van der Waals surface area contributed by atoms with Gasteiger partial charge in [-0.2, -0.15) is 10.2 Å². The summed E-state index contributed by atoms with van der Waals surface area (Å²) in [5.74, 6) is -0.318. The van der Waals surface area contributed by atoms with Crippen molar-refractivity contribution in [1.29, 1.82) is 0 Å². The molecule has 6 rings (SSSR count). The lowest BCUT2D eigenvalue weighted by Gasteiger charge is -2.15. The summed E-state index contributed by atoms with van der Waals surface area (Å²) < 4.78 is 0. The van der Waals surface area contributed by atoms with Crippen LogP contribution in [-0.2, 0) is 4.79 Å². The number of halogens is 2. The maximum absolute atomic E-state index is 11.5. The molecule has 2 aromatic heterocycles. The van der Waals surface area contributed by atoms with Crippen LogP contribution >= 0.6 is 23.2 Å². The van der Waals surface area contributed by atoms with E-state index in [2.05, 4.69) is 20.4 Å². The topological polar surface area (TPSA) is 94.7 Å². The highest BCUT2D eigenvalue weighted by Gasteiger charge is 2.14. The second-order valence-electron chi connectivity index (χ2n) is 9.67. The molecular formula is C34H28Cl2N4O2. The predicted octanol–water partition coefficient (Wildman–Crippen LogP) is 7.92. The van der Waals surface area contributed by atoms with Crippen molar-refractivity contribution in [2.75, 3.05) is 6.61 Å². The van der Waals surface area contributed by atoms with Crippen LogP contribution in [0.25, 0.3) is 22.3 Å². The highest BCUT2D eigenvalue weighted by atomic mass is 35.5. The van der Waals surface area contributed by atoms with E-state index < -0.39 is 0 Å². The van der Waals surface area contributed by atoms with E-state index in [-0.39, 0.29) is 18.4 Å². The van der Waals surface area contributed by atoms with Crippen molar-refractivity contribution < 1.29 is 9.90 Å². The molecule has 0 saturated carbocycles. The Balaban J connectivity index is 0.000000168. The van der Waals surface area contributed by atoms with Gasteiger partial charge in [-0.1, -0.05) is 96.0 Å². The molecule has 2 heterocycles. The lowest BCUT2D eigenvalue weighted by molar-refractivity contribution is -0.108. The Hall–Kier alpha value is -4.49. The zero-order valence-corrected chi connectivity index (χ0v) is 24.0. The fourth-order valence-corrected chi connectivity index (χ4v) is 4.98. The third kappa shape index (κ3) is 7.04. The van der Waals surface area contributed by atoms with Gasteiger partial charge in [-0.15, -0.1) is 0 Å². The maximum atomic E-state index is 11.5. The molecule has 8 heteroatoms. The number of nitrogens with one attached hydrogen (secondary N) is 2. The Morgan fingerprint density at radius 3 is 1.33 bits per heavy atom. The molecular weight excluding hydrogens is 567 g/mol. The summed E-state index contributed by atoms with van der Waals surface area (Å²) in [4.78, 5) is 11.5. The van der Waals surface area contributed by atoms with Crippen LogP contribution < -0.4 is 0 Å². The summed E-state index contributed by atoms with van der Waals surface area (Å²) in [5, 5.41) is 24.6. The molecule has 0 aliphatic rings. The van der Waals surface area contributed by atoms with Gasteiger partial charge < -0.3 is 9.90 Å². The summed E-state index contributed by atoms with van der Waals surface area (Å²) in [7, 11) is 0. The minimum Gasteiger partial charge on any atom is -0.395 e. The number of carbonyl (C=O) groups is 1. The Kier molecular flexibility index (Phi) is 9.62. The molecule has 0 aliphatic heterocycles. The zero-order valence-electron chi connectivity index (χ0n) is 22.5. The van der Waals surface area contributed by atoms with Crippen LogP contribution in [0.2, 0.25) is 10.0 Å². The average molecular weight is 596 g/mol. The molecule has 3 N–H and O–H groups in total. The average Bonchev–Trinajstić information content (AvgIpc) is 3.77. The first-order chi connectivity index (χ1) is 20.6. The number of benzene rings is 4. The molecule has 0 fully saturated rings. The third-order valence-electron chi connectivity index (χ3n) is 7.07. The Bertz CT molecular complexity index is 1670. The molecule has 210 valence electrons. The molecule has 0 amide bonds. The van der Waals surface area contributed by atoms with Crippen LogP contribution in [0.15, 0.2) is 122 Å². The maximum Gasteiger partial charge on any atom is 0.131 e. The van der Waals surface area contributed by atoms with Gasteiger partial charge in [0.2, 0.25) is 0 Å². The van der Waals surface area contributed by atoms with Crippen LogP contribution in [0.3, 0.4) is 0 Å². The van der Waals surface area contributed by atoms with E-state index in [1.54, 1.807) is 24.5 Å². The van der Waals surface area contributed by atoms with Gasteiger partial charge in [-0.3, -0.25) is 10.2 Å². The second kappa shape index (κ2) is 13.9. The summed E-state index contributed by atoms with van der Waals surface area (Å²) >= 11 is 11.8. The van der Waals surface area contributed by atoms with Gasteiger partial charge in [0.05, 0.1) is 24.9 Å². The first-order valence-corrected chi connectivity index (χ1v) is 14.1. The Labute approximate surface area is 254 Å². The van der Waals surface area contributed by atoms with E-state index in [9.17, 15) is 9.90 Å². The molecule has 6 nitrogen and oxygen atoms in total. The highest BCUT2D eigenvalue weighted by Crippen LogP contribution is 2.28. The molecule has 0 radical (unpaired) electrons. The number of aliphatic hydroxyl groups is 1. The lowest BCUT2D eigenvalue weighted by Crippen LogP contribution is -2.05. The molecule has 0 spiro atoms. The number of aromatic amines is 2. The summed E-state index contributed by atoms with van der Waals surface area (Å²) in [5.41, 5.74) is 8.26. The number of nitrogens with zero attached hydrogens (tertiary/aromatic N) is 2. The van der Waals surface area contributed by atoms with Crippen LogP contribution in [0.1, 0.15) is 34.1 Å². The van der Waals surface area contributed by atoms with Gasteiger partial charge in [0.25, 0.3) is 0 Å². The number of carbonyl (C=O) groups excluding carboxylic acids is 1. The van der Waals surface area contributed by atoms with Gasteiger partial charge in [-0.05, 0) is 57.6 Å². The van der Waals surface area contributed by atoms with Gasteiger partial charge in [-0.25, -0.2) is 0 Å². The van der Waals surface area contributed by atoms with Gasteiger partial charge >= 0.3 is 0 Å². The minimum atomic E-state index is -0.277. The predicted molar refractivity (Wildman–Crippen MR) is 168 cm³/mol. The van der Waals surface area contributed by atoms with E-state index in [1.807, 2.05) is 97.3 Å². The normalized spacial score (nSPS) is 12.2. The van der Waals surface area contributed by atoms with E-state index >= 15 is 0 Å². The number of hydrogen-bond acceptors (Lipinski definition) is 4. The molecule has 6 aromatic rings. The number of aliphatic hydroxyl groups excluding tert-OH is 1. The molecule has 4 aromatic carbocycles. The van der Waals surface area contributed by atoms with Crippen molar-refractivity contribution in [3.05, 3.63) is 154 Å². The van der Waals surface area contributed by atoms with Crippen molar-refractivity contribution in [1.82, 2.24) is 20.4 Å². The van der Waals surface area contributed by atoms with E-state index in [0.717, 1.165) is 50.8 Å². The van der Waals surface area contributed by atoms with Crippen LogP contribution in [0, 0.1) is 0 Å². The first-order valence-electron chi connectivity index (χ1n) is 13.3. The van der Waals surface area contributed by atoms with Gasteiger partial charge in [0.1, 0.15) is 6.29 Å². The molecule has 42 heavy (non-hydrogen) atoms. The first kappa shape index (κ1) is 29.0. The Morgan fingerprint density at radius 2 is 0.976 bits per heavy atom. The number of aldehydes is 1. The van der Waals surface area contributed by atoms with Gasteiger partial charge in [0, 0.05) is 39.5 Å². The second-order valence-corrected chi connectivity index (χ2v) is 10.5. The number of H-pyrrole nitrogens is 2. The minimum absolute atomic E-state index is 0.0410. The molecule has 0 bridgehead atoms. The molecule has 0 aliphatic carbocycles. The summed E-state index contributed by atoms with van der Waals surface area (Å²) in [6, 6.07) is 31.0. The van der Waals surface area contributed by atoms with E-state index in [4.69, 9.17) is 23.2 Å². The van der Waals surface area contributed by atoms with Crippen LogP contribution in [0.5, 0.6) is 0 Å². The largest absolute Gasteiger partial charge is 0.395 e. The van der Waals surface area contributed by atoms with Gasteiger partial charge in [0.15, 0.2) is 0 Å². The molecule has 0 saturated heterocycles. The van der Waals surface area contributed by atoms with E-state index in [0.29, 0.717) is 10.0 Å². The zero-order chi connectivity index (χ0) is 29.3. The third-order valence-corrected chi connectivity index (χ3v) is 7.57. The monoisotopic (exact) mass is 594 g/mol. The van der Waals surface area contributed by atoms with Crippen LogP contribution in [0.4, 0.5) is 0 Å². The van der Waals surface area contributed by atoms with Crippen molar-refractivity contribution in [2.45, 2.75) is 11.8 Å². The smallest absolute Gasteiger partial charge is 0.131 e. The van der Waals surface area contributed by atoms with E-state index in [1.165, 1.54) is 0 Å². The summed E-state index contributed by atoms with van der Waals surface area (Å²) in [6.45, 7) is 0.0622. The molecule has 2 atom stereocenters. The van der Waals surface area contributed by atoms with Crippen LogP contribution in [-0.4, -0.2) is 38.4 Å². The number of hydrogen-bond donors (Lipinski definition) is 3. The SMILES string of the molecule is O=CC(c1ccc(Cl)cc1)c1ccc(-c2cn[nH]c2)cc1.OCC(c1ccc(Cl)cc1)c1ccc(-c2cn[nH]c2)cc1. The van der Waals surface area contributed by atoms with Crippen molar-refractivity contribution in [3.8, 4) is 22.3 Å². The quantitative estimate of drug-likeness (QED) is 0.156. The van der Waals surface area contributed by atoms with Crippen molar-refractivity contribution in [2.24, 2.45) is 0 Å². The molecule has 2 unspecified atom stereocenters. The fourth-order valence-electron chi connectivity index (χ4n) is 4.73. The van der Waals surface area contributed by atoms with Crippen molar-refractivity contribution >= 4 is 29.5 Å². The fraction of sp³-hybridized carbons (Fsp3) is 0.0882. The summed E-state index contributed by atoms with van der Waals surface area (Å²) in [6.07, 6.45) is 8.21. The standard InChI is InChI=1S/C17H15ClN2O.C17H13ClN2O/c2*18-16-7-5-14(6-8-16)17(11-21)13-3-1-12(2-4-13)15-9-19-20-10-15/h1-10,17,21H,11H2,(H,19,20);1-11,17H,(H,19,20). The number of aromatic nitrogens is 4. The number of rotatable bonds is 8. The lowest BCUT2D eigenvalue weighted by atomic mass is 9.91. The highest BCUT2D eigenvalue weighted by molar-refractivity contribution is 6.30. The Morgan fingerprint density at radius 1 is 0.595 bits per heavy atom.